The number of hydrogen-bond donors (Lipinski definition) is 2. The van der Waals surface area contributed by atoms with E-state index in [1.807, 2.05) is 32.9 Å². The first kappa shape index (κ1) is 20.1. The molecule has 1 fully saturated rings. The molecule has 140 valence electrons. The van der Waals surface area contributed by atoms with Gasteiger partial charge in [-0.25, -0.2) is 0 Å². The quantitative estimate of drug-likeness (QED) is 0.731. The number of nitrogens with one attached hydrogen (secondary N) is 2. The van der Waals surface area contributed by atoms with Crippen LogP contribution in [-0.4, -0.2) is 24.1 Å². The van der Waals surface area contributed by atoms with Crippen molar-refractivity contribution < 1.29 is 9.53 Å². The normalized spacial score (nSPS) is 16.3. The highest BCUT2D eigenvalue weighted by Crippen LogP contribution is 2.24. The van der Waals surface area contributed by atoms with Crippen LogP contribution in [0.5, 0.6) is 5.75 Å². The van der Waals surface area contributed by atoms with Crippen LogP contribution in [0, 0.1) is 0 Å². The molecule has 1 saturated carbocycles. The lowest BCUT2D eigenvalue weighted by Crippen LogP contribution is -2.43. The molecule has 2 rings (SSSR count). The Bertz CT molecular complexity index is 561. The van der Waals surface area contributed by atoms with Gasteiger partial charge in [0.2, 0.25) is 0 Å². The first-order valence-electron chi connectivity index (χ1n) is 9.29. The maximum absolute atomic E-state index is 12.0. The predicted molar refractivity (Wildman–Crippen MR) is 103 cm³/mol. The number of carbonyl (C=O) groups is 1. The van der Waals surface area contributed by atoms with Gasteiger partial charge in [0.25, 0.3) is 5.91 Å². The Morgan fingerprint density at radius 2 is 1.88 bits per heavy atom. The summed E-state index contributed by atoms with van der Waals surface area (Å²) in [5.41, 5.74) is 0.741. The minimum absolute atomic E-state index is 0.00926. The number of carbonyl (C=O) groups excluding carboxylic acids is 1. The van der Waals surface area contributed by atoms with E-state index in [1.54, 1.807) is 6.07 Å². The van der Waals surface area contributed by atoms with Gasteiger partial charge in [-0.2, -0.15) is 0 Å². The fourth-order valence-corrected chi connectivity index (χ4v) is 3.36. The Morgan fingerprint density at radius 3 is 2.52 bits per heavy atom. The average Bonchev–Trinajstić information content (AvgIpc) is 2.79. The first-order chi connectivity index (χ1) is 11.8. The van der Waals surface area contributed by atoms with Crippen molar-refractivity contribution in [1.82, 2.24) is 10.6 Å². The Balaban J connectivity index is 1.93. The first-order valence-corrected chi connectivity index (χ1v) is 9.67. The summed E-state index contributed by atoms with van der Waals surface area (Å²) in [6, 6.07) is 6.12. The molecule has 1 aromatic carbocycles. The van der Waals surface area contributed by atoms with Crippen molar-refractivity contribution in [3.63, 3.8) is 0 Å². The van der Waals surface area contributed by atoms with Gasteiger partial charge in [-0.3, -0.25) is 4.79 Å². The lowest BCUT2D eigenvalue weighted by atomic mass is 10.1. The fraction of sp³-hybridized carbons (Fsp3) is 0.650. The zero-order valence-electron chi connectivity index (χ0n) is 15.7. The molecule has 4 nitrogen and oxygen atoms in total. The van der Waals surface area contributed by atoms with E-state index in [9.17, 15) is 4.79 Å². The highest BCUT2D eigenvalue weighted by atomic mass is 35.5. The second-order valence-electron chi connectivity index (χ2n) is 7.91. The average molecular weight is 367 g/mol. The minimum Gasteiger partial charge on any atom is -0.483 e. The van der Waals surface area contributed by atoms with Crippen molar-refractivity contribution in [2.24, 2.45) is 0 Å². The van der Waals surface area contributed by atoms with Crippen molar-refractivity contribution in [3.05, 3.63) is 28.8 Å². The molecular formula is C20H31ClN2O2. The molecule has 0 saturated heterocycles. The lowest BCUT2D eigenvalue weighted by Gasteiger charge is -2.21. The molecule has 2 N–H and O–H groups in total. The largest absolute Gasteiger partial charge is 0.483 e. The second-order valence-corrected chi connectivity index (χ2v) is 8.34. The number of rotatable bonds is 6. The summed E-state index contributed by atoms with van der Waals surface area (Å²) in [4.78, 5) is 12.0. The van der Waals surface area contributed by atoms with E-state index in [0.29, 0.717) is 17.6 Å². The van der Waals surface area contributed by atoms with Crippen LogP contribution < -0.4 is 15.4 Å². The Hall–Kier alpha value is -1.26. The third kappa shape index (κ3) is 7.66. The van der Waals surface area contributed by atoms with E-state index < -0.39 is 0 Å². The van der Waals surface area contributed by atoms with E-state index in [4.69, 9.17) is 16.3 Å². The maximum atomic E-state index is 12.0. The molecular weight excluding hydrogens is 336 g/mol. The number of benzene rings is 1. The SMILES string of the molecule is CC(C)(C)NC(=O)COc1ccc(Cl)cc1CNC1CCCCCC1. The van der Waals surface area contributed by atoms with Gasteiger partial charge in [0.15, 0.2) is 6.61 Å². The number of halogens is 1. The summed E-state index contributed by atoms with van der Waals surface area (Å²) in [5.74, 6) is 0.597. The predicted octanol–water partition coefficient (Wildman–Crippen LogP) is 4.45. The van der Waals surface area contributed by atoms with Gasteiger partial charge in [0.1, 0.15) is 5.75 Å². The van der Waals surface area contributed by atoms with E-state index >= 15 is 0 Å². The van der Waals surface area contributed by atoms with Gasteiger partial charge in [-0.1, -0.05) is 37.3 Å². The Labute approximate surface area is 156 Å². The van der Waals surface area contributed by atoms with E-state index in [2.05, 4.69) is 10.6 Å². The van der Waals surface area contributed by atoms with Gasteiger partial charge in [-0.05, 0) is 51.8 Å². The molecule has 1 aliphatic rings. The van der Waals surface area contributed by atoms with Crippen molar-refractivity contribution in [2.45, 2.75) is 77.4 Å². The van der Waals surface area contributed by atoms with Crippen molar-refractivity contribution >= 4 is 17.5 Å². The number of ether oxygens (including phenoxy) is 1. The Morgan fingerprint density at radius 1 is 1.20 bits per heavy atom. The summed E-state index contributed by atoms with van der Waals surface area (Å²) in [6.07, 6.45) is 7.72. The van der Waals surface area contributed by atoms with Gasteiger partial charge < -0.3 is 15.4 Å². The molecule has 0 spiro atoms. The third-order valence-corrected chi connectivity index (χ3v) is 4.57. The molecule has 1 aliphatic carbocycles. The fourth-order valence-electron chi connectivity index (χ4n) is 3.16. The smallest absolute Gasteiger partial charge is 0.258 e. The molecule has 0 heterocycles. The summed E-state index contributed by atoms with van der Waals surface area (Å²) in [5, 5.41) is 7.22. The van der Waals surface area contributed by atoms with Crippen LogP contribution in [0.1, 0.15) is 64.9 Å². The maximum Gasteiger partial charge on any atom is 0.258 e. The van der Waals surface area contributed by atoms with Crippen molar-refractivity contribution in [1.29, 1.82) is 0 Å². The summed E-state index contributed by atoms with van der Waals surface area (Å²) < 4.78 is 5.75. The summed E-state index contributed by atoms with van der Waals surface area (Å²) in [7, 11) is 0. The zero-order valence-corrected chi connectivity index (χ0v) is 16.4. The van der Waals surface area contributed by atoms with Crippen LogP contribution >= 0.6 is 11.6 Å². The lowest BCUT2D eigenvalue weighted by molar-refractivity contribution is -0.124. The van der Waals surface area contributed by atoms with Gasteiger partial charge in [0.05, 0.1) is 0 Å². The molecule has 0 unspecified atom stereocenters. The van der Waals surface area contributed by atoms with E-state index in [0.717, 1.165) is 11.3 Å². The molecule has 0 aromatic heterocycles. The van der Waals surface area contributed by atoms with Crippen molar-refractivity contribution in [2.75, 3.05) is 6.61 Å². The molecule has 0 atom stereocenters. The molecule has 5 heteroatoms. The van der Waals surface area contributed by atoms with Crippen LogP contribution in [-0.2, 0) is 11.3 Å². The minimum atomic E-state index is -0.260. The van der Waals surface area contributed by atoms with Crippen molar-refractivity contribution in [3.8, 4) is 5.75 Å². The molecule has 25 heavy (non-hydrogen) atoms. The molecule has 0 bridgehead atoms. The molecule has 0 radical (unpaired) electrons. The molecule has 0 aliphatic heterocycles. The van der Waals surface area contributed by atoms with E-state index in [1.165, 1.54) is 38.5 Å². The highest BCUT2D eigenvalue weighted by Gasteiger charge is 2.16. The monoisotopic (exact) mass is 366 g/mol. The second kappa shape index (κ2) is 9.44. The standard InChI is InChI=1S/C20H31ClN2O2/c1-20(2,3)23-19(24)14-25-18-11-10-16(21)12-15(18)13-22-17-8-6-4-5-7-9-17/h10-12,17,22H,4-9,13-14H2,1-3H3,(H,23,24). The summed E-state index contributed by atoms with van der Waals surface area (Å²) in [6.45, 7) is 6.58. The van der Waals surface area contributed by atoms with Gasteiger partial charge in [-0.15, -0.1) is 0 Å². The third-order valence-electron chi connectivity index (χ3n) is 4.33. The van der Waals surface area contributed by atoms with E-state index in [-0.39, 0.29) is 18.1 Å². The van der Waals surface area contributed by atoms with Gasteiger partial charge in [0, 0.05) is 28.7 Å². The van der Waals surface area contributed by atoms with Gasteiger partial charge >= 0.3 is 0 Å². The molecule has 1 amide bonds. The van der Waals surface area contributed by atoms with Crippen LogP contribution in [0.25, 0.3) is 0 Å². The highest BCUT2D eigenvalue weighted by molar-refractivity contribution is 6.30. The zero-order chi connectivity index (χ0) is 18.3. The van der Waals surface area contributed by atoms with Crippen LogP contribution in [0.3, 0.4) is 0 Å². The number of amides is 1. The summed E-state index contributed by atoms with van der Waals surface area (Å²) >= 11 is 6.15. The Kier molecular flexibility index (Phi) is 7.57. The molecule has 1 aromatic rings. The topological polar surface area (TPSA) is 50.4 Å². The van der Waals surface area contributed by atoms with Crippen LogP contribution in [0.15, 0.2) is 18.2 Å². The van der Waals surface area contributed by atoms with Crippen LogP contribution in [0.2, 0.25) is 5.02 Å². The number of hydrogen-bond acceptors (Lipinski definition) is 3. The van der Waals surface area contributed by atoms with Crippen LogP contribution in [0.4, 0.5) is 0 Å².